The SMILES string of the molecule is CNCCC(N)C1=CC(C2C=CC(C3C=CC=CC3)CC2)CC=C1. The molecule has 0 spiro atoms. The Morgan fingerprint density at radius 1 is 1.00 bits per heavy atom. The lowest BCUT2D eigenvalue weighted by molar-refractivity contribution is 0.339. The van der Waals surface area contributed by atoms with E-state index in [1.165, 1.54) is 24.8 Å². The van der Waals surface area contributed by atoms with Crippen molar-refractivity contribution >= 4 is 0 Å². The molecule has 2 nitrogen and oxygen atoms in total. The van der Waals surface area contributed by atoms with Crippen LogP contribution in [-0.2, 0) is 0 Å². The monoisotopic (exact) mass is 324 g/mol. The van der Waals surface area contributed by atoms with Crippen LogP contribution in [-0.4, -0.2) is 19.6 Å². The van der Waals surface area contributed by atoms with Crippen LogP contribution in [0, 0.1) is 23.7 Å². The quantitative estimate of drug-likeness (QED) is 0.721. The first-order valence-electron chi connectivity index (χ1n) is 9.58. The van der Waals surface area contributed by atoms with E-state index in [9.17, 15) is 0 Å². The first kappa shape index (κ1) is 17.4. The molecule has 3 N–H and O–H groups in total. The molecule has 3 rings (SSSR count). The molecule has 0 heterocycles. The van der Waals surface area contributed by atoms with Crippen molar-refractivity contribution in [2.75, 3.05) is 13.6 Å². The first-order chi connectivity index (χ1) is 11.8. The second-order valence-corrected chi connectivity index (χ2v) is 7.47. The summed E-state index contributed by atoms with van der Waals surface area (Å²) in [4.78, 5) is 0. The predicted molar refractivity (Wildman–Crippen MR) is 104 cm³/mol. The Hall–Kier alpha value is -1.38. The van der Waals surface area contributed by atoms with Gasteiger partial charge in [0.2, 0.25) is 0 Å². The van der Waals surface area contributed by atoms with Crippen LogP contribution in [0.2, 0.25) is 0 Å². The molecule has 5 atom stereocenters. The van der Waals surface area contributed by atoms with Crippen molar-refractivity contribution < 1.29 is 0 Å². The molecule has 0 fully saturated rings. The summed E-state index contributed by atoms with van der Waals surface area (Å²) >= 11 is 0. The van der Waals surface area contributed by atoms with Crippen LogP contribution in [0.15, 0.2) is 60.3 Å². The van der Waals surface area contributed by atoms with E-state index in [1.807, 2.05) is 7.05 Å². The molecule has 0 aromatic heterocycles. The minimum Gasteiger partial charge on any atom is -0.324 e. The number of hydrogen-bond donors (Lipinski definition) is 2. The van der Waals surface area contributed by atoms with Crippen LogP contribution >= 0.6 is 0 Å². The standard InChI is InChI=1S/C22H32N2/c1-24-15-14-22(23)21-9-5-8-20(16-21)19-12-10-18(11-13-19)17-6-3-2-4-7-17/h2-6,9-10,12,16-20,22,24H,7-8,11,13-15,23H2,1H3. The van der Waals surface area contributed by atoms with Gasteiger partial charge in [-0.05, 0) is 74.9 Å². The minimum absolute atomic E-state index is 0.163. The van der Waals surface area contributed by atoms with Gasteiger partial charge in [0.05, 0.1) is 0 Å². The molecule has 24 heavy (non-hydrogen) atoms. The molecule has 3 aliphatic rings. The van der Waals surface area contributed by atoms with Crippen molar-refractivity contribution in [1.29, 1.82) is 0 Å². The normalized spacial score (nSPS) is 33.5. The van der Waals surface area contributed by atoms with E-state index < -0.39 is 0 Å². The van der Waals surface area contributed by atoms with Crippen LogP contribution in [0.25, 0.3) is 0 Å². The van der Waals surface area contributed by atoms with Crippen molar-refractivity contribution in [2.45, 2.75) is 38.1 Å². The summed E-state index contributed by atoms with van der Waals surface area (Å²) in [6, 6.07) is 0.163. The Morgan fingerprint density at radius 3 is 2.42 bits per heavy atom. The van der Waals surface area contributed by atoms with Gasteiger partial charge in [-0.1, -0.05) is 54.7 Å². The summed E-state index contributed by atoms with van der Waals surface area (Å²) in [6.45, 7) is 0.978. The zero-order valence-electron chi connectivity index (χ0n) is 14.9. The highest BCUT2D eigenvalue weighted by molar-refractivity contribution is 5.30. The topological polar surface area (TPSA) is 38.0 Å². The van der Waals surface area contributed by atoms with Crippen molar-refractivity contribution in [2.24, 2.45) is 29.4 Å². The maximum atomic E-state index is 6.35. The summed E-state index contributed by atoms with van der Waals surface area (Å²) in [6.07, 6.45) is 27.1. The average Bonchev–Trinajstić information content (AvgIpc) is 2.67. The van der Waals surface area contributed by atoms with Crippen LogP contribution < -0.4 is 11.1 Å². The largest absolute Gasteiger partial charge is 0.324 e. The molecule has 130 valence electrons. The summed E-state index contributed by atoms with van der Waals surface area (Å²) in [5, 5.41) is 3.20. The van der Waals surface area contributed by atoms with E-state index >= 15 is 0 Å². The Labute approximate surface area is 147 Å². The summed E-state index contributed by atoms with van der Waals surface area (Å²) < 4.78 is 0. The van der Waals surface area contributed by atoms with Crippen molar-refractivity contribution in [1.82, 2.24) is 5.32 Å². The van der Waals surface area contributed by atoms with Crippen molar-refractivity contribution in [3.63, 3.8) is 0 Å². The molecular weight excluding hydrogens is 292 g/mol. The van der Waals surface area contributed by atoms with Gasteiger partial charge in [-0.2, -0.15) is 0 Å². The van der Waals surface area contributed by atoms with Gasteiger partial charge in [0, 0.05) is 6.04 Å². The van der Waals surface area contributed by atoms with Gasteiger partial charge in [0.25, 0.3) is 0 Å². The number of nitrogens with two attached hydrogens (primary N) is 1. The van der Waals surface area contributed by atoms with E-state index in [0.717, 1.165) is 25.3 Å². The van der Waals surface area contributed by atoms with Gasteiger partial charge >= 0.3 is 0 Å². The molecule has 0 saturated heterocycles. The lowest BCUT2D eigenvalue weighted by Gasteiger charge is -2.32. The lowest BCUT2D eigenvalue weighted by Crippen LogP contribution is -2.28. The van der Waals surface area contributed by atoms with Crippen LogP contribution in [0.4, 0.5) is 0 Å². The number of nitrogens with one attached hydrogen (secondary N) is 1. The van der Waals surface area contributed by atoms with Crippen LogP contribution in [0.1, 0.15) is 32.1 Å². The molecule has 0 aromatic rings. The van der Waals surface area contributed by atoms with Gasteiger partial charge in [-0.3, -0.25) is 0 Å². The predicted octanol–water partition coefficient (Wildman–Crippen LogP) is 4.14. The van der Waals surface area contributed by atoms with E-state index in [1.54, 1.807) is 0 Å². The van der Waals surface area contributed by atoms with Gasteiger partial charge in [0.15, 0.2) is 0 Å². The number of rotatable bonds is 6. The molecule has 0 saturated carbocycles. The molecule has 0 radical (unpaired) electrons. The maximum absolute atomic E-state index is 6.35. The fourth-order valence-corrected chi connectivity index (χ4v) is 4.24. The lowest BCUT2D eigenvalue weighted by atomic mass is 9.73. The fraction of sp³-hybridized carbons (Fsp3) is 0.545. The zero-order valence-corrected chi connectivity index (χ0v) is 14.9. The third-order valence-electron chi connectivity index (χ3n) is 5.81. The van der Waals surface area contributed by atoms with Gasteiger partial charge in [-0.25, -0.2) is 0 Å². The fourth-order valence-electron chi connectivity index (χ4n) is 4.24. The van der Waals surface area contributed by atoms with Crippen molar-refractivity contribution in [3.8, 4) is 0 Å². The summed E-state index contributed by atoms with van der Waals surface area (Å²) in [5.74, 6) is 2.74. The number of allylic oxidation sites excluding steroid dienone is 8. The van der Waals surface area contributed by atoms with Gasteiger partial charge in [-0.15, -0.1) is 0 Å². The second kappa shape index (κ2) is 8.64. The molecule has 0 bridgehead atoms. The van der Waals surface area contributed by atoms with E-state index in [0.29, 0.717) is 17.8 Å². The first-order valence-corrected chi connectivity index (χ1v) is 9.58. The van der Waals surface area contributed by atoms with Gasteiger partial charge < -0.3 is 11.1 Å². The Morgan fingerprint density at radius 2 is 1.75 bits per heavy atom. The molecule has 5 unspecified atom stereocenters. The molecular formula is C22H32N2. The minimum atomic E-state index is 0.163. The maximum Gasteiger partial charge on any atom is 0.0303 e. The van der Waals surface area contributed by atoms with E-state index in [4.69, 9.17) is 5.73 Å². The van der Waals surface area contributed by atoms with E-state index in [-0.39, 0.29) is 6.04 Å². The summed E-state index contributed by atoms with van der Waals surface area (Å²) in [7, 11) is 1.99. The Balaban J connectivity index is 1.59. The highest BCUT2D eigenvalue weighted by Gasteiger charge is 2.26. The highest BCUT2D eigenvalue weighted by atomic mass is 14.8. The third-order valence-corrected chi connectivity index (χ3v) is 5.81. The third kappa shape index (κ3) is 4.37. The molecule has 0 aromatic carbocycles. The van der Waals surface area contributed by atoms with E-state index in [2.05, 4.69) is 60.0 Å². The van der Waals surface area contributed by atoms with Crippen LogP contribution in [0.3, 0.4) is 0 Å². The Kier molecular flexibility index (Phi) is 6.28. The highest BCUT2D eigenvalue weighted by Crippen LogP contribution is 2.37. The van der Waals surface area contributed by atoms with Crippen LogP contribution in [0.5, 0.6) is 0 Å². The number of hydrogen-bond acceptors (Lipinski definition) is 2. The molecule has 3 aliphatic carbocycles. The smallest absolute Gasteiger partial charge is 0.0303 e. The molecule has 0 aliphatic heterocycles. The van der Waals surface area contributed by atoms with Crippen molar-refractivity contribution in [3.05, 3.63) is 60.3 Å². The molecule has 0 amide bonds. The summed E-state index contributed by atoms with van der Waals surface area (Å²) in [5.41, 5.74) is 7.69. The molecule has 2 heteroatoms. The Bertz CT molecular complexity index is 552. The zero-order chi connectivity index (χ0) is 16.8. The average molecular weight is 325 g/mol. The van der Waals surface area contributed by atoms with Gasteiger partial charge in [0.1, 0.15) is 0 Å². The second-order valence-electron chi connectivity index (χ2n) is 7.47.